The van der Waals surface area contributed by atoms with E-state index < -0.39 is 0 Å². The number of carbonyl (C=O) groups is 1. The van der Waals surface area contributed by atoms with Crippen LogP contribution in [-0.4, -0.2) is 29.6 Å². The Labute approximate surface area is 144 Å². The van der Waals surface area contributed by atoms with Crippen LogP contribution in [0.4, 0.5) is 0 Å². The molecule has 0 aromatic heterocycles. The second-order valence-electron chi connectivity index (χ2n) is 5.70. The normalized spacial score (nSPS) is 11.6. The van der Waals surface area contributed by atoms with Gasteiger partial charge in [-0.2, -0.15) is 0 Å². The van der Waals surface area contributed by atoms with Crippen molar-refractivity contribution in [2.24, 2.45) is 0 Å². The molecule has 23 heavy (non-hydrogen) atoms. The van der Waals surface area contributed by atoms with E-state index in [0.717, 1.165) is 35.7 Å². The van der Waals surface area contributed by atoms with Gasteiger partial charge < -0.3 is 10.3 Å². The van der Waals surface area contributed by atoms with Crippen molar-refractivity contribution in [3.05, 3.63) is 48.0 Å². The third-order valence-corrected chi connectivity index (χ3v) is 4.00. The number of halogens is 1. The van der Waals surface area contributed by atoms with Crippen LogP contribution in [0.1, 0.15) is 43.5 Å². The lowest BCUT2D eigenvalue weighted by molar-refractivity contribution is 0.0695. The quantitative estimate of drug-likeness (QED) is 0.718. The van der Waals surface area contributed by atoms with Gasteiger partial charge in [0.1, 0.15) is 0 Å². The highest BCUT2D eigenvalue weighted by atomic mass is 35.5. The van der Waals surface area contributed by atoms with E-state index in [9.17, 15) is 4.79 Å². The van der Waals surface area contributed by atoms with Crippen molar-refractivity contribution in [2.75, 3.05) is 6.54 Å². The zero-order chi connectivity index (χ0) is 15.9. The fourth-order valence-corrected chi connectivity index (χ4v) is 2.64. The zero-order valence-corrected chi connectivity index (χ0v) is 14.6. The van der Waals surface area contributed by atoms with E-state index in [1.807, 2.05) is 48.2 Å². The summed E-state index contributed by atoms with van der Waals surface area (Å²) in [4.78, 5) is 14.8. The van der Waals surface area contributed by atoms with E-state index in [0.29, 0.717) is 6.42 Å². The van der Waals surface area contributed by atoms with Crippen LogP contribution in [0.25, 0.3) is 10.8 Å². The molecule has 124 valence electrons. The smallest absolute Gasteiger partial charge is 0.254 e. The first-order chi connectivity index (χ1) is 10.7. The molecule has 2 aromatic rings. The number of unbranched alkanes of at least 4 members (excludes halogenated alkanes) is 1. The van der Waals surface area contributed by atoms with Gasteiger partial charge in [-0.1, -0.05) is 43.7 Å². The number of amides is 1. The first-order valence-corrected chi connectivity index (χ1v) is 7.96. The van der Waals surface area contributed by atoms with Gasteiger partial charge in [0.05, 0.1) is 0 Å². The molecule has 3 nitrogen and oxygen atoms in total. The topological polar surface area (TPSA) is 44.2 Å². The number of carbonyl (C=O) groups excluding carboxylic acids is 1. The molecule has 2 rings (SSSR count). The molecule has 0 bridgehead atoms. The molecule has 0 spiro atoms. The summed E-state index contributed by atoms with van der Waals surface area (Å²) in [6.07, 6.45) is 4.03. The van der Waals surface area contributed by atoms with Gasteiger partial charge in [-0.05, 0) is 42.5 Å². The molecule has 0 unspecified atom stereocenters. The lowest BCUT2D eigenvalue weighted by Gasteiger charge is -2.28. The van der Waals surface area contributed by atoms with Crippen molar-refractivity contribution in [3.8, 4) is 0 Å². The molecule has 0 saturated heterocycles. The number of hydrogen-bond donors (Lipinski definition) is 1. The number of fused-ring (bicyclic) bond motifs is 1. The molecule has 0 radical (unpaired) electrons. The summed E-state index contributed by atoms with van der Waals surface area (Å²) in [7, 11) is 0. The van der Waals surface area contributed by atoms with Crippen LogP contribution in [0, 0.1) is 5.41 Å². The molecule has 0 fully saturated rings. The largest absolute Gasteiger partial charge is 0.336 e. The Balaban J connectivity index is 0.00000264. The van der Waals surface area contributed by atoms with Crippen molar-refractivity contribution in [1.82, 2.24) is 4.90 Å². The summed E-state index contributed by atoms with van der Waals surface area (Å²) in [5, 5.41) is 9.53. The molecule has 0 heterocycles. The average Bonchev–Trinajstić information content (AvgIpc) is 2.54. The number of hydrogen-bond acceptors (Lipinski definition) is 2. The zero-order valence-electron chi connectivity index (χ0n) is 13.8. The van der Waals surface area contributed by atoms with E-state index in [1.165, 1.54) is 6.21 Å². The third-order valence-electron chi connectivity index (χ3n) is 4.00. The molecule has 2 aromatic carbocycles. The van der Waals surface area contributed by atoms with E-state index in [1.54, 1.807) is 0 Å². The predicted molar refractivity (Wildman–Crippen MR) is 100 cm³/mol. The van der Waals surface area contributed by atoms with Crippen molar-refractivity contribution in [3.63, 3.8) is 0 Å². The highest BCUT2D eigenvalue weighted by Gasteiger charge is 2.20. The molecule has 4 heteroatoms. The van der Waals surface area contributed by atoms with E-state index in [4.69, 9.17) is 5.41 Å². The maximum absolute atomic E-state index is 12.9. The minimum atomic E-state index is 0. The van der Waals surface area contributed by atoms with Gasteiger partial charge in [0, 0.05) is 24.6 Å². The summed E-state index contributed by atoms with van der Waals surface area (Å²) < 4.78 is 0. The van der Waals surface area contributed by atoms with Gasteiger partial charge in [-0.15, -0.1) is 12.4 Å². The van der Waals surface area contributed by atoms with Crippen molar-refractivity contribution >= 4 is 35.3 Å². The van der Waals surface area contributed by atoms with Crippen LogP contribution in [0.2, 0.25) is 0 Å². The average molecular weight is 333 g/mol. The van der Waals surface area contributed by atoms with Gasteiger partial charge in [0.2, 0.25) is 0 Å². The number of nitrogens with one attached hydrogen (secondary N) is 1. The third kappa shape index (κ3) is 4.80. The maximum Gasteiger partial charge on any atom is 0.254 e. The minimum Gasteiger partial charge on any atom is -0.336 e. The lowest BCUT2D eigenvalue weighted by atomic mass is 10.0. The van der Waals surface area contributed by atoms with Crippen molar-refractivity contribution in [1.29, 1.82) is 5.41 Å². The van der Waals surface area contributed by atoms with Gasteiger partial charge >= 0.3 is 0 Å². The molecule has 1 atom stereocenters. The summed E-state index contributed by atoms with van der Waals surface area (Å²) in [5.41, 5.74) is 0.728. The first-order valence-electron chi connectivity index (χ1n) is 7.96. The molecule has 0 aliphatic carbocycles. The fraction of sp³-hybridized carbons (Fsp3) is 0.368. The molecule has 0 aliphatic heterocycles. The Morgan fingerprint density at radius 3 is 2.57 bits per heavy atom. The second-order valence-corrected chi connectivity index (χ2v) is 5.70. The van der Waals surface area contributed by atoms with Crippen LogP contribution < -0.4 is 0 Å². The highest BCUT2D eigenvalue weighted by molar-refractivity contribution is 5.98. The monoisotopic (exact) mass is 332 g/mol. The first kappa shape index (κ1) is 19.2. The Morgan fingerprint density at radius 1 is 1.22 bits per heavy atom. The van der Waals surface area contributed by atoms with E-state index >= 15 is 0 Å². The summed E-state index contributed by atoms with van der Waals surface area (Å²) in [5.74, 6) is 0.0635. The van der Waals surface area contributed by atoms with Crippen LogP contribution in [-0.2, 0) is 0 Å². The Bertz CT molecular complexity index is 657. The minimum absolute atomic E-state index is 0. The Hall–Kier alpha value is -1.87. The van der Waals surface area contributed by atoms with Crippen LogP contribution >= 0.6 is 12.4 Å². The number of rotatable bonds is 7. The molecule has 0 aliphatic rings. The van der Waals surface area contributed by atoms with Gasteiger partial charge in [-0.3, -0.25) is 4.79 Å². The molecule has 0 saturated carbocycles. The van der Waals surface area contributed by atoms with Crippen LogP contribution in [0.5, 0.6) is 0 Å². The number of nitrogens with zero attached hydrogens (tertiary/aromatic N) is 1. The summed E-state index contributed by atoms with van der Waals surface area (Å²) >= 11 is 0. The standard InChI is InChI=1S/C19H24N2O.ClH/c1-3-4-13-21(15(2)11-12-20)19(22)18-10-9-16-7-5-6-8-17(16)14-18;/h5-10,12,14-15,20H,3-4,11,13H2,1-2H3;1H/t15-;/m0./s1. The fourth-order valence-electron chi connectivity index (χ4n) is 2.64. The van der Waals surface area contributed by atoms with Crippen molar-refractivity contribution < 1.29 is 4.79 Å². The van der Waals surface area contributed by atoms with E-state index in [-0.39, 0.29) is 24.4 Å². The number of benzene rings is 2. The predicted octanol–water partition coefficient (Wildman–Crippen LogP) is 4.93. The molecular weight excluding hydrogens is 308 g/mol. The van der Waals surface area contributed by atoms with Gasteiger partial charge in [0.25, 0.3) is 5.91 Å². The van der Waals surface area contributed by atoms with Gasteiger partial charge in [-0.25, -0.2) is 0 Å². The van der Waals surface area contributed by atoms with E-state index in [2.05, 4.69) is 13.0 Å². The lowest BCUT2D eigenvalue weighted by Crippen LogP contribution is -2.39. The Morgan fingerprint density at radius 2 is 1.91 bits per heavy atom. The molecule has 1 N–H and O–H groups in total. The molecular formula is C19H25ClN2O. The van der Waals surface area contributed by atoms with Crippen molar-refractivity contribution in [2.45, 2.75) is 39.2 Å². The SMILES string of the molecule is CCCCN(C(=O)c1ccc2ccccc2c1)[C@@H](C)CC=N.Cl. The van der Waals surface area contributed by atoms with Crippen LogP contribution in [0.15, 0.2) is 42.5 Å². The van der Waals surface area contributed by atoms with Crippen LogP contribution in [0.3, 0.4) is 0 Å². The highest BCUT2D eigenvalue weighted by Crippen LogP contribution is 2.18. The summed E-state index contributed by atoms with van der Waals surface area (Å²) in [6, 6.07) is 14.0. The maximum atomic E-state index is 12.9. The molecule has 1 amide bonds. The van der Waals surface area contributed by atoms with Gasteiger partial charge in [0.15, 0.2) is 0 Å². The summed E-state index contributed by atoms with van der Waals surface area (Å²) in [6.45, 7) is 4.89. The second kappa shape index (κ2) is 9.31. The Kier molecular flexibility index (Phi) is 7.76.